The van der Waals surface area contributed by atoms with Crippen molar-refractivity contribution in [2.45, 2.75) is 26.2 Å². The minimum absolute atomic E-state index is 0.0828. The number of carbonyl (C=O) groups excluding carboxylic acids is 1. The summed E-state index contributed by atoms with van der Waals surface area (Å²) in [5, 5.41) is 14.7. The van der Waals surface area contributed by atoms with E-state index in [-0.39, 0.29) is 17.4 Å². The molecule has 1 amide bonds. The molecule has 0 radical (unpaired) electrons. The van der Waals surface area contributed by atoms with E-state index >= 15 is 0 Å². The molecular weight excluding hydrogens is 406 g/mol. The van der Waals surface area contributed by atoms with Gasteiger partial charge in [-0.1, -0.05) is 26.0 Å². The Morgan fingerprint density at radius 1 is 1.09 bits per heavy atom. The Labute approximate surface area is 188 Å². The summed E-state index contributed by atoms with van der Waals surface area (Å²) >= 11 is 0. The number of aromatic hydroxyl groups is 1. The van der Waals surface area contributed by atoms with Crippen LogP contribution in [0.3, 0.4) is 0 Å². The van der Waals surface area contributed by atoms with Crippen LogP contribution in [0.1, 0.15) is 41.4 Å². The van der Waals surface area contributed by atoms with Crippen LogP contribution in [0.25, 0.3) is 5.69 Å². The van der Waals surface area contributed by atoms with Gasteiger partial charge in [0, 0.05) is 19.2 Å². The summed E-state index contributed by atoms with van der Waals surface area (Å²) in [4.78, 5) is 14.6. The van der Waals surface area contributed by atoms with Gasteiger partial charge in [-0.3, -0.25) is 4.79 Å². The van der Waals surface area contributed by atoms with Crippen LogP contribution in [0.15, 0.2) is 48.7 Å². The topological polar surface area (TPSA) is 76.8 Å². The van der Waals surface area contributed by atoms with Crippen LogP contribution in [-0.4, -0.2) is 53.0 Å². The second kappa shape index (κ2) is 8.94. The molecule has 0 unspecified atom stereocenters. The molecule has 1 aliphatic rings. The number of rotatable bonds is 7. The lowest BCUT2D eigenvalue weighted by Gasteiger charge is -2.39. The van der Waals surface area contributed by atoms with Crippen molar-refractivity contribution < 1.29 is 19.4 Å². The van der Waals surface area contributed by atoms with E-state index in [9.17, 15) is 9.90 Å². The van der Waals surface area contributed by atoms with Crippen molar-refractivity contribution >= 4 is 5.91 Å². The fourth-order valence-corrected chi connectivity index (χ4v) is 3.99. The third-order valence-corrected chi connectivity index (χ3v) is 5.90. The standard InChI is InChI=1S/C25H29N3O4/c1-16(2)19-5-7-20(8-6-19)28-15-23(29)24(26-28)25(30)27-13-18(14-27)9-17-10-21(31-3)12-22(11-17)32-4/h5-8,10-12,15-16,18,29H,9,13-14H2,1-4H3. The number of hydrogen-bond acceptors (Lipinski definition) is 5. The van der Waals surface area contributed by atoms with Gasteiger partial charge in [0.25, 0.3) is 5.91 Å². The number of hydrogen-bond donors (Lipinski definition) is 1. The molecule has 0 atom stereocenters. The van der Waals surface area contributed by atoms with Crippen molar-refractivity contribution in [2.75, 3.05) is 27.3 Å². The van der Waals surface area contributed by atoms with Gasteiger partial charge in [0.2, 0.25) is 0 Å². The minimum Gasteiger partial charge on any atom is -0.504 e. The molecule has 0 bridgehead atoms. The number of benzene rings is 2. The number of likely N-dealkylation sites (tertiary alicyclic amines) is 1. The number of ether oxygens (including phenoxy) is 2. The molecule has 0 aliphatic carbocycles. The molecule has 7 heteroatoms. The highest BCUT2D eigenvalue weighted by Gasteiger charge is 2.34. The zero-order valence-electron chi connectivity index (χ0n) is 18.9. The minimum atomic E-state index is -0.250. The van der Waals surface area contributed by atoms with Gasteiger partial charge in [-0.2, -0.15) is 5.10 Å². The van der Waals surface area contributed by atoms with Gasteiger partial charge in [-0.15, -0.1) is 0 Å². The average molecular weight is 436 g/mol. The van der Waals surface area contributed by atoms with Gasteiger partial charge in [-0.25, -0.2) is 4.68 Å². The van der Waals surface area contributed by atoms with Crippen LogP contribution < -0.4 is 9.47 Å². The fourth-order valence-electron chi connectivity index (χ4n) is 3.99. The summed E-state index contributed by atoms with van der Waals surface area (Å²) in [5.74, 6) is 1.92. The highest BCUT2D eigenvalue weighted by atomic mass is 16.5. The van der Waals surface area contributed by atoms with Crippen LogP contribution in [-0.2, 0) is 6.42 Å². The van der Waals surface area contributed by atoms with E-state index in [0.29, 0.717) is 24.9 Å². The molecule has 1 aromatic heterocycles. The molecular formula is C25H29N3O4. The largest absolute Gasteiger partial charge is 0.504 e. The van der Waals surface area contributed by atoms with Crippen LogP contribution in [0.5, 0.6) is 17.2 Å². The van der Waals surface area contributed by atoms with Gasteiger partial charge in [0.1, 0.15) is 11.5 Å². The molecule has 7 nitrogen and oxygen atoms in total. The first-order valence-corrected chi connectivity index (χ1v) is 10.8. The maximum atomic E-state index is 12.9. The maximum Gasteiger partial charge on any atom is 0.278 e. The fraction of sp³-hybridized carbons (Fsp3) is 0.360. The van der Waals surface area contributed by atoms with Crippen LogP contribution in [0.4, 0.5) is 0 Å². The third kappa shape index (κ3) is 4.42. The predicted octanol–water partition coefficient (Wildman–Crippen LogP) is 4.03. The summed E-state index contributed by atoms with van der Waals surface area (Å²) in [7, 11) is 3.26. The van der Waals surface area contributed by atoms with Crippen molar-refractivity contribution in [3.05, 3.63) is 65.5 Å². The van der Waals surface area contributed by atoms with Crippen LogP contribution >= 0.6 is 0 Å². The SMILES string of the molecule is COc1cc(CC2CN(C(=O)c3nn(-c4ccc(C(C)C)cc4)cc3O)C2)cc(OC)c1. The lowest BCUT2D eigenvalue weighted by Crippen LogP contribution is -2.50. The molecule has 1 fully saturated rings. The molecule has 2 aromatic carbocycles. The average Bonchev–Trinajstić information content (AvgIpc) is 3.16. The zero-order valence-corrected chi connectivity index (χ0v) is 18.9. The molecule has 0 spiro atoms. The van der Waals surface area contributed by atoms with Crippen molar-refractivity contribution in [1.29, 1.82) is 0 Å². The van der Waals surface area contributed by atoms with E-state index in [1.165, 1.54) is 11.8 Å². The summed E-state index contributed by atoms with van der Waals surface area (Å²) in [6.07, 6.45) is 2.30. The summed E-state index contributed by atoms with van der Waals surface area (Å²) in [5.41, 5.74) is 3.22. The van der Waals surface area contributed by atoms with E-state index in [4.69, 9.17) is 9.47 Å². The first-order chi connectivity index (χ1) is 15.4. The van der Waals surface area contributed by atoms with Crippen molar-refractivity contribution in [1.82, 2.24) is 14.7 Å². The lowest BCUT2D eigenvalue weighted by molar-refractivity contribution is 0.0491. The number of methoxy groups -OCH3 is 2. The van der Waals surface area contributed by atoms with Crippen molar-refractivity contribution in [2.24, 2.45) is 5.92 Å². The van der Waals surface area contributed by atoms with Gasteiger partial charge in [0.05, 0.1) is 26.1 Å². The van der Waals surface area contributed by atoms with Crippen LogP contribution in [0, 0.1) is 5.92 Å². The molecule has 1 N–H and O–H groups in total. The summed E-state index contributed by atoms with van der Waals surface area (Å²) in [6, 6.07) is 13.8. The quantitative estimate of drug-likeness (QED) is 0.606. The Morgan fingerprint density at radius 2 is 1.72 bits per heavy atom. The summed E-state index contributed by atoms with van der Waals surface area (Å²) in [6.45, 7) is 5.51. The van der Waals surface area contributed by atoms with E-state index in [2.05, 4.69) is 18.9 Å². The van der Waals surface area contributed by atoms with Crippen LogP contribution in [0.2, 0.25) is 0 Å². The lowest BCUT2D eigenvalue weighted by atomic mass is 9.91. The highest BCUT2D eigenvalue weighted by Crippen LogP contribution is 2.29. The molecule has 2 heterocycles. The number of aromatic nitrogens is 2. The van der Waals surface area contributed by atoms with E-state index < -0.39 is 0 Å². The molecule has 3 aromatic rings. The second-order valence-electron chi connectivity index (χ2n) is 8.55. The highest BCUT2D eigenvalue weighted by molar-refractivity contribution is 5.95. The second-order valence-corrected chi connectivity index (χ2v) is 8.55. The van der Waals surface area contributed by atoms with Crippen molar-refractivity contribution in [3.63, 3.8) is 0 Å². The Balaban J connectivity index is 1.40. The Bertz CT molecular complexity index is 1080. The van der Waals surface area contributed by atoms with E-state index in [1.807, 2.05) is 42.5 Å². The zero-order chi connectivity index (χ0) is 22.8. The Kier molecular flexibility index (Phi) is 6.08. The Morgan fingerprint density at radius 3 is 2.28 bits per heavy atom. The normalized spacial score (nSPS) is 13.8. The molecule has 4 rings (SSSR count). The summed E-state index contributed by atoms with van der Waals surface area (Å²) < 4.78 is 12.2. The molecule has 32 heavy (non-hydrogen) atoms. The molecule has 1 saturated heterocycles. The van der Waals surface area contributed by atoms with Gasteiger partial charge < -0.3 is 19.5 Å². The smallest absolute Gasteiger partial charge is 0.278 e. The first kappa shape index (κ1) is 21.7. The van der Waals surface area contributed by atoms with E-state index in [0.717, 1.165) is 29.2 Å². The molecule has 0 saturated carbocycles. The number of nitrogens with zero attached hydrogens (tertiary/aromatic N) is 3. The first-order valence-electron chi connectivity index (χ1n) is 10.8. The number of amides is 1. The van der Waals surface area contributed by atoms with Gasteiger partial charge in [-0.05, 0) is 53.6 Å². The molecule has 1 aliphatic heterocycles. The maximum absolute atomic E-state index is 12.9. The Hall–Kier alpha value is -3.48. The van der Waals surface area contributed by atoms with Gasteiger partial charge >= 0.3 is 0 Å². The van der Waals surface area contributed by atoms with Gasteiger partial charge in [0.15, 0.2) is 11.4 Å². The third-order valence-electron chi connectivity index (χ3n) is 5.90. The van der Waals surface area contributed by atoms with Crippen molar-refractivity contribution in [3.8, 4) is 22.9 Å². The number of carbonyl (C=O) groups is 1. The van der Waals surface area contributed by atoms with E-state index in [1.54, 1.807) is 23.8 Å². The predicted molar refractivity (Wildman–Crippen MR) is 122 cm³/mol. The molecule has 168 valence electrons. The monoisotopic (exact) mass is 435 g/mol.